The van der Waals surface area contributed by atoms with Crippen LogP contribution in [0, 0.1) is 11.8 Å². The quantitative estimate of drug-likeness (QED) is 0.339. The van der Waals surface area contributed by atoms with Crippen LogP contribution in [0.2, 0.25) is 0 Å². The molecule has 0 heterocycles. The van der Waals surface area contributed by atoms with E-state index in [4.69, 9.17) is 0 Å². The highest BCUT2D eigenvalue weighted by atomic mass is 14.7. The summed E-state index contributed by atoms with van der Waals surface area (Å²) in [6, 6.07) is 0. The summed E-state index contributed by atoms with van der Waals surface area (Å²) in [4.78, 5) is 3.74. The van der Waals surface area contributed by atoms with Gasteiger partial charge in [-0.15, -0.1) is 0 Å². The summed E-state index contributed by atoms with van der Waals surface area (Å²) in [7, 11) is 0. The fraction of sp³-hybridized carbons (Fsp3) is 0.500. The van der Waals surface area contributed by atoms with Crippen molar-refractivity contribution in [3.63, 3.8) is 0 Å². The van der Waals surface area contributed by atoms with E-state index in [0.717, 1.165) is 6.54 Å². The molecular formula is C6H8N. The molecule has 1 heteroatoms. The largest absolute Gasteiger partial charge is 0.274 e. The van der Waals surface area contributed by atoms with Crippen molar-refractivity contribution < 1.29 is 0 Å². The second kappa shape index (κ2) is 5.23. The molecule has 37 valence electrons. The van der Waals surface area contributed by atoms with Crippen LogP contribution in [0.25, 0.3) is 0 Å². The Hall–Kier alpha value is -0.770. The van der Waals surface area contributed by atoms with Gasteiger partial charge in [0.1, 0.15) is 6.21 Å². The first-order chi connectivity index (χ1) is 3.41. The zero-order valence-corrected chi connectivity index (χ0v) is 4.65. The Labute approximate surface area is 44.5 Å². The van der Waals surface area contributed by atoms with Crippen molar-refractivity contribution in [3.05, 3.63) is 0 Å². The van der Waals surface area contributed by atoms with Crippen molar-refractivity contribution in [2.75, 3.05) is 6.54 Å². The number of hydrogen-bond donors (Lipinski definition) is 0. The van der Waals surface area contributed by atoms with Crippen molar-refractivity contribution >= 4 is 6.21 Å². The van der Waals surface area contributed by atoms with E-state index in [0.29, 0.717) is 0 Å². The molecule has 0 atom stereocenters. The topological polar surface area (TPSA) is 12.4 Å². The normalized spacial score (nSPS) is 8.29. The Morgan fingerprint density at radius 2 is 2.29 bits per heavy atom. The standard InChI is InChI=1S/C6H8N/c1-3-5-6-7-4-2/h4H2,1-2H3. The van der Waals surface area contributed by atoms with Gasteiger partial charge in [0.25, 0.3) is 0 Å². The molecule has 0 spiro atoms. The van der Waals surface area contributed by atoms with Crippen molar-refractivity contribution in [2.24, 2.45) is 4.99 Å². The summed E-state index contributed by atoms with van der Waals surface area (Å²) in [5.41, 5.74) is 0. The van der Waals surface area contributed by atoms with Gasteiger partial charge >= 0.3 is 0 Å². The maximum absolute atomic E-state index is 3.74. The molecule has 0 N–H and O–H groups in total. The molecule has 0 saturated heterocycles. The molecule has 1 radical (unpaired) electrons. The third-order valence-electron chi connectivity index (χ3n) is 0.418. The summed E-state index contributed by atoms with van der Waals surface area (Å²) in [6.45, 7) is 4.48. The molecule has 7 heavy (non-hydrogen) atoms. The van der Waals surface area contributed by atoms with E-state index in [2.05, 4.69) is 23.0 Å². The second-order valence-corrected chi connectivity index (χ2v) is 0.961. The van der Waals surface area contributed by atoms with E-state index in [9.17, 15) is 0 Å². The first-order valence-electron chi connectivity index (χ1n) is 2.25. The Balaban J connectivity index is 3.21. The summed E-state index contributed by atoms with van der Waals surface area (Å²) in [5, 5.41) is 0. The van der Waals surface area contributed by atoms with Crippen LogP contribution in [0.3, 0.4) is 0 Å². The Kier molecular flexibility index (Phi) is 4.65. The number of hydrogen-bond acceptors (Lipinski definition) is 1. The number of aliphatic imine (C=N–C) groups is 1. The van der Waals surface area contributed by atoms with Gasteiger partial charge in [0.05, 0.1) is 0 Å². The molecule has 0 aromatic rings. The van der Waals surface area contributed by atoms with E-state index < -0.39 is 0 Å². The Bertz CT molecular complexity index is 103. The van der Waals surface area contributed by atoms with Crippen LogP contribution in [0.5, 0.6) is 0 Å². The fourth-order valence-electron chi connectivity index (χ4n) is 0.174. The van der Waals surface area contributed by atoms with E-state index in [-0.39, 0.29) is 0 Å². The zero-order valence-electron chi connectivity index (χ0n) is 4.65. The lowest BCUT2D eigenvalue weighted by molar-refractivity contribution is 1.14. The number of nitrogens with zero attached hydrogens (tertiary/aromatic N) is 1. The average molecular weight is 94.1 g/mol. The third kappa shape index (κ3) is 5.23. The highest BCUT2D eigenvalue weighted by molar-refractivity contribution is 5.77. The maximum Gasteiger partial charge on any atom is 0.141 e. The Morgan fingerprint density at radius 1 is 1.57 bits per heavy atom. The summed E-state index contributed by atoms with van der Waals surface area (Å²) in [5.74, 6) is 5.23. The minimum atomic E-state index is 0.772. The summed E-state index contributed by atoms with van der Waals surface area (Å²) >= 11 is 0. The van der Waals surface area contributed by atoms with Crippen molar-refractivity contribution in [3.8, 4) is 11.8 Å². The van der Waals surface area contributed by atoms with Gasteiger partial charge in [0.2, 0.25) is 0 Å². The van der Waals surface area contributed by atoms with Gasteiger partial charge in [-0.25, -0.2) is 0 Å². The van der Waals surface area contributed by atoms with Gasteiger partial charge in [0.15, 0.2) is 0 Å². The molecular weight excluding hydrogens is 86.1 g/mol. The molecule has 0 aliphatic carbocycles. The maximum atomic E-state index is 3.74. The molecule has 0 fully saturated rings. The lowest BCUT2D eigenvalue weighted by Crippen LogP contribution is -1.67. The molecule has 0 rings (SSSR count). The van der Waals surface area contributed by atoms with E-state index in [1.54, 1.807) is 6.92 Å². The first-order valence-corrected chi connectivity index (χ1v) is 2.25. The third-order valence-corrected chi connectivity index (χ3v) is 0.418. The van der Waals surface area contributed by atoms with Crippen molar-refractivity contribution in [2.45, 2.75) is 13.8 Å². The molecule has 0 unspecified atom stereocenters. The van der Waals surface area contributed by atoms with Crippen LogP contribution in [0.1, 0.15) is 13.8 Å². The van der Waals surface area contributed by atoms with Crippen molar-refractivity contribution in [1.82, 2.24) is 0 Å². The average Bonchev–Trinajstić information content (AvgIpc) is 1.69. The minimum Gasteiger partial charge on any atom is -0.274 e. The summed E-state index contributed by atoms with van der Waals surface area (Å²) in [6.07, 6.45) is 2.55. The molecule has 0 aliphatic heterocycles. The molecule has 1 nitrogen and oxygen atoms in total. The van der Waals surface area contributed by atoms with Crippen molar-refractivity contribution in [1.29, 1.82) is 0 Å². The predicted octanol–water partition coefficient (Wildman–Crippen LogP) is 0.977. The predicted molar refractivity (Wildman–Crippen MR) is 31.4 cm³/mol. The van der Waals surface area contributed by atoms with E-state index in [1.165, 1.54) is 0 Å². The minimum absolute atomic E-state index is 0.772. The van der Waals surface area contributed by atoms with Gasteiger partial charge < -0.3 is 0 Å². The molecule has 0 aliphatic rings. The highest BCUT2D eigenvalue weighted by Crippen LogP contribution is 1.59. The Morgan fingerprint density at radius 3 is 2.71 bits per heavy atom. The molecule has 0 bridgehead atoms. The van der Waals surface area contributed by atoms with Crippen LogP contribution >= 0.6 is 0 Å². The lowest BCUT2D eigenvalue weighted by Gasteiger charge is -1.67. The molecule has 0 amide bonds. The fourth-order valence-corrected chi connectivity index (χ4v) is 0.174. The lowest BCUT2D eigenvalue weighted by atomic mass is 10.6. The van der Waals surface area contributed by atoms with Crippen LogP contribution in [-0.4, -0.2) is 12.8 Å². The van der Waals surface area contributed by atoms with Gasteiger partial charge in [-0.2, -0.15) is 0 Å². The smallest absolute Gasteiger partial charge is 0.141 e. The van der Waals surface area contributed by atoms with Crippen LogP contribution < -0.4 is 0 Å². The van der Waals surface area contributed by atoms with E-state index >= 15 is 0 Å². The highest BCUT2D eigenvalue weighted by Gasteiger charge is 1.58. The van der Waals surface area contributed by atoms with E-state index in [1.807, 2.05) is 6.92 Å². The van der Waals surface area contributed by atoms with Crippen LogP contribution in [0.4, 0.5) is 0 Å². The molecule has 0 aromatic carbocycles. The van der Waals surface area contributed by atoms with Gasteiger partial charge in [0, 0.05) is 6.54 Å². The van der Waals surface area contributed by atoms with Gasteiger partial charge in [-0.1, -0.05) is 5.92 Å². The number of rotatable bonds is 1. The van der Waals surface area contributed by atoms with Gasteiger partial charge in [-0.05, 0) is 19.8 Å². The van der Waals surface area contributed by atoms with Crippen LogP contribution in [0.15, 0.2) is 4.99 Å². The summed E-state index contributed by atoms with van der Waals surface area (Å²) < 4.78 is 0. The SMILES string of the molecule is CC#C/[C]=N/CC. The molecule has 0 aromatic heterocycles. The van der Waals surface area contributed by atoms with Crippen LogP contribution in [-0.2, 0) is 0 Å². The molecule has 0 saturated carbocycles. The van der Waals surface area contributed by atoms with Gasteiger partial charge in [-0.3, -0.25) is 4.99 Å². The monoisotopic (exact) mass is 94.1 g/mol. The second-order valence-electron chi connectivity index (χ2n) is 0.961. The zero-order chi connectivity index (χ0) is 5.54. The first kappa shape index (κ1) is 6.23.